The molecule has 0 aliphatic carbocycles. The zero-order chi connectivity index (χ0) is 20.9. The summed E-state index contributed by atoms with van der Waals surface area (Å²) in [5.41, 5.74) is 1.19. The minimum atomic E-state index is -2.79. The predicted octanol–water partition coefficient (Wildman–Crippen LogP) is 7.20. The standard InChI is InChI=1S/C25H29OPS2/c1-19(2)28-24-17-11-12-21(25(24)29-20(3)4)18-27(26,22-13-7-5-8-14-22)23-15-9-6-10-16-23/h5-17,19-20H,18H2,1-4H3. The maximum absolute atomic E-state index is 14.5. The minimum absolute atomic E-state index is 0.468. The van der Waals surface area contributed by atoms with Crippen LogP contribution in [0.4, 0.5) is 0 Å². The number of hydrogen-bond donors (Lipinski definition) is 0. The summed E-state index contributed by atoms with van der Waals surface area (Å²) in [7, 11) is -2.79. The molecule has 3 rings (SSSR count). The van der Waals surface area contributed by atoms with Crippen molar-refractivity contribution in [3.05, 3.63) is 84.4 Å². The predicted molar refractivity (Wildman–Crippen MR) is 132 cm³/mol. The molecule has 0 saturated heterocycles. The van der Waals surface area contributed by atoms with E-state index in [4.69, 9.17) is 0 Å². The van der Waals surface area contributed by atoms with Gasteiger partial charge in [-0.05, 0) is 11.6 Å². The monoisotopic (exact) mass is 440 g/mol. The maximum Gasteiger partial charge on any atom is 0.147 e. The Labute approximate surface area is 184 Å². The second kappa shape index (κ2) is 10.1. The molecule has 152 valence electrons. The highest BCUT2D eigenvalue weighted by molar-refractivity contribution is 8.03. The fraction of sp³-hybridized carbons (Fsp3) is 0.280. The van der Waals surface area contributed by atoms with Gasteiger partial charge in [0, 0.05) is 37.1 Å². The molecule has 0 atom stereocenters. The number of thioether (sulfide) groups is 2. The fourth-order valence-electron chi connectivity index (χ4n) is 3.31. The second-order valence-electron chi connectivity index (χ2n) is 7.65. The lowest BCUT2D eigenvalue weighted by Crippen LogP contribution is -2.18. The van der Waals surface area contributed by atoms with Crippen molar-refractivity contribution in [1.29, 1.82) is 0 Å². The van der Waals surface area contributed by atoms with Gasteiger partial charge >= 0.3 is 0 Å². The largest absolute Gasteiger partial charge is 0.313 e. The van der Waals surface area contributed by atoms with Gasteiger partial charge in [0.05, 0.1) is 0 Å². The van der Waals surface area contributed by atoms with Gasteiger partial charge in [0.25, 0.3) is 0 Å². The van der Waals surface area contributed by atoms with Gasteiger partial charge in [-0.1, -0.05) is 100 Å². The average Bonchev–Trinajstić information content (AvgIpc) is 2.71. The van der Waals surface area contributed by atoms with E-state index in [9.17, 15) is 4.57 Å². The van der Waals surface area contributed by atoms with E-state index >= 15 is 0 Å². The molecule has 0 aliphatic heterocycles. The van der Waals surface area contributed by atoms with E-state index in [1.54, 1.807) is 0 Å². The molecule has 0 bridgehead atoms. The summed E-state index contributed by atoms with van der Waals surface area (Å²) in [4.78, 5) is 2.58. The lowest BCUT2D eigenvalue weighted by Gasteiger charge is -2.23. The van der Waals surface area contributed by atoms with E-state index in [1.807, 2.05) is 84.2 Å². The van der Waals surface area contributed by atoms with E-state index in [0.29, 0.717) is 16.7 Å². The molecule has 0 unspecified atom stereocenters. The van der Waals surface area contributed by atoms with Crippen molar-refractivity contribution in [2.24, 2.45) is 0 Å². The van der Waals surface area contributed by atoms with Crippen LogP contribution < -0.4 is 10.6 Å². The lowest BCUT2D eigenvalue weighted by molar-refractivity contribution is 0.586. The van der Waals surface area contributed by atoms with Gasteiger partial charge in [0.1, 0.15) is 7.14 Å². The Morgan fingerprint density at radius 2 is 1.21 bits per heavy atom. The highest BCUT2D eigenvalue weighted by Gasteiger charge is 2.29. The van der Waals surface area contributed by atoms with Crippen molar-refractivity contribution in [3.63, 3.8) is 0 Å². The van der Waals surface area contributed by atoms with E-state index < -0.39 is 7.14 Å². The zero-order valence-corrected chi connectivity index (χ0v) is 20.1. The molecule has 3 aromatic carbocycles. The molecule has 4 heteroatoms. The van der Waals surface area contributed by atoms with E-state index in [2.05, 4.69) is 45.9 Å². The first kappa shape index (κ1) is 22.3. The first-order valence-electron chi connectivity index (χ1n) is 10.1. The number of benzene rings is 3. The third kappa shape index (κ3) is 5.60. The van der Waals surface area contributed by atoms with Gasteiger partial charge in [-0.3, -0.25) is 0 Å². The van der Waals surface area contributed by atoms with E-state index in [0.717, 1.165) is 10.6 Å². The summed E-state index contributed by atoms with van der Waals surface area (Å²) >= 11 is 3.77. The molecule has 3 aromatic rings. The summed E-state index contributed by atoms with van der Waals surface area (Å²) in [6, 6.07) is 26.4. The Balaban J connectivity index is 2.12. The smallest absolute Gasteiger partial charge is 0.147 e. The molecule has 0 aliphatic rings. The van der Waals surface area contributed by atoms with Gasteiger partial charge in [-0.15, -0.1) is 23.5 Å². The van der Waals surface area contributed by atoms with Crippen molar-refractivity contribution >= 4 is 41.3 Å². The van der Waals surface area contributed by atoms with Crippen molar-refractivity contribution in [2.75, 3.05) is 0 Å². The Kier molecular flexibility index (Phi) is 7.73. The van der Waals surface area contributed by atoms with E-state index in [-0.39, 0.29) is 0 Å². The van der Waals surface area contributed by atoms with Gasteiger partial charge in [0.15, 0.2) is 0 Å². The van der Waals surface area contributed by atoms with Crippen LogP contribution in [0, 0.1) is 0 Å². The summed E-state index contributed by atoms with van der Waals surface area (Å²) in [6.45, 7) is 8.89. The van der Waals surface area contributed by atoms with Crippen LogP contribution in [-0.2, 0) is 10.7 Å². The third-order valence-electron chi connectivity index (χ3n) is 4.52. The average molecular weight is 441 g/mol. The lowest BCUT2D eigenvalue weighted by atomic mass is 10.2. The molecular formula is C25H29OPS2. The van der Waals surface area contributed by atoms with Crippen LogP contribution >= 0.6 is 30.7 Å². The highest BCUT2D eigenvalue weighted by Crippen LogP contribution is 2.50. The molecular weight excluding hydrogens is 411 g/mol. The van der Waals surface area contributed by atoms with Crippen molar-refractivity contribution in [3.8, 4) is 0 Å². The Morgan fingerprint density at radius 1 is 0.690 bits per heavy atom. The van der Waals surface area contributed by atoms with Crippen LogP contribution in [0.3, 0.4) is 0 Å². The van der Waals surface area contributed by atoms with Crippen LogP contribution in [-0.4, -0.2) is 10.5 Å². The minimum Gasteiger partial charge on any atom is -0.313 e. The summed E-state index contributed by atoms with van der Waals surface area (Å²) in [6.07, 6.45) is 0.544. The van der Waals surface area contributed by atoms with Crippen LogP contribution in [0.1, 0.15) is 33.3 Å². The zero-order valence-electron chi connectivity index (χ0n) is 17.5. The van der Waals surface area contributed by atoms with Crippen molar-refractivity contribution in [1.82, 2.24) is 0 Å². The Hall–Kier alpha value is -1.41. The van der Waals surface area contributed by atoms with Gasteiger partial charge < -0.3 is 4.57 Å². The molecule has 0 amide bonds. The Bertz CT molecular complexity index is 925. The highest BCUT2D eigenvalue weighted by atomic mass is 32.2. The van der Waals surface area contributed by atoms with Gasteiger partial charge in [-0.25, -0.2) is 0 Å². The molecule has 29 heavy (non-hydrogen) atoms. The topological polar surface area (TPSA) is 17.1 Å². The van der Waals surface area contributed by atoms with Crippen LogP contribution in [0.15, 0.2) is 88.7 Å². The maximum atomic E-state index is 14.5. The van der Waals surface area contributed by atoms with Gasteiger partial charge in [-0.2, -0.15) is 0 Å². The van der Waals surface area contributed by atoms with Crippen LogP contribution in [0.2, 0.25) is 0 Å². The quantitative estimate of drug-likeness (QED) is 0.272. The number of rotatable bonds is 8. The second-order valence-corrected chi connectivity index (χ2v) is 13.7. The molecule has 0 heterocycles. The molecule has 0 spiro atoms. The van der Waals surface area contributed by atoms with Gasteiger partial charge in [0.2, 0.25) is 0 Å². The normalized spacial score (nSPS) is 11.9. The molecule has 0 fully saturated rings. The molecule has 0 aromatic heterocycles. The SMILES string of the molecule is CC(C)Sc1cccc(CP(=O)(c2ccccc2)c2ccccc2)c1SC(C)C. The number of hydrogen-bond acceptors (Lipinski definition) is 3. The van der Waals surface area contributed by atoms with Crippen molar-refractivity contribution in [2.45, 2.75) is 54.1 Å². The van der Waals surface area contributed by atoms with Crippen molar-refractivity contribution < 1.29 is 4.57 Å². The summed E-state index contributed by atoms with van der Waals surface area (Å²) in [5, 5.41) is 2.82. The van der Waals surface area contributed by atoms with Crippen LogP contribution in [0.25, 0.3) is 0 Å². The molecule has 0 radical (unpaired) electrons. The van der Waals surface area contributed by atoms with Crippen LogP contribution in [0.5, 0.6) is 0 Å². The summed E-state index contributed by atoms with van der Waals surface area (Å²) in [5.74, 6) is 0. The first-order chi connectivity index (χ1) is 13.9. The molecule has 0 saturated carbocycles. The van der Waals surface area contributed by atoms with E-state index in [1.165, 1.54) is 15.4 Å². The third-order valence-corrected chi connectivity index (χ3v) is 9.95. The Morgan fingerprint density at radius 3 is 1.69 bits per heavy atom. The first-order valence-corrected chi connectivity index (χ1v) is 13.7. The molecule has 1 nitrogen and oxygen atoms in total. The molecule has 0 N–H and O–H groups in total. The fourth-order valence-corrected chi connectivity index (χ4v) is 8.27. The summed E-state index contributed by atoms with van der Waals surface area (Å²) < 4.78 is 14.5.